The number of amides is 1. The van der Waals surface area contributed by atoms with E-state index in [1.54, 1.807) is 11.8 Å². The number of nitrogens with one attached hydrogen (secondary N) is 1. The van der Waals surface area contributed by atoms with Gasteiger partial charge in [-0.15, -0.1) is 0 Å². The Bertz CT molecular complexity index is 1250. The molecule has 0 aliphatic rings. The highest BCUT2D eigenvalue weighted by molar-refractivity contribution is 6.38. The van der Waals surface area contributed by atoms with Crippen molar-refractivity contribution in [3.63, 3.8) is 0 Å². The predicted octanol–water partition coefficient (Wildman–Crippen LogP) is 4.67. The van der Waals surface area contributed by atoms with E-state index in [9.17, 15) is 4.79 Å². The highest BCUT2D eigenvalue weighted by Crippen LogP contribution is 2.30. The minimum atomic E-state index is -0.267. The van der Waals surface area contributed by atoms with Gasteiger partial charge in [0.05, 0.1) is 34.5 Å². The summed E-state index contributed by atoms with van der Waals surface area (Å²) < 4.78 is 7.11. The summed E-state index contributed by atoms with van der Waals surface area (Å²) in [4.78, 5) is 17.3. The first kappa shape index (κ1) is 20.9. The van der Waals surface area contributed by atoms with E-state index in [0.717, 1.165) is 28.3 Å². The van der Waals surface area contributed by atoms with E-state index in [-0.39, 0.29) is 5.91 Å². The van der Waals surface area contributed by atoms with Gasteiger partial charge in [-0.2, -0.15) is 5.10 Å². The highest BCUT2D eigenvalue weighted by Gasteiger charge is 2.20. The SMILES string of the molecule is COc1ccccc1CCNC(=O)c1cnc2c(c(C)nn2-c2ccc(C)cc2)c1Cl. The molecular formula is C24H23ClN4O2. The van der Waals surface area contributed by atoms with Gasteiger partial charge in [0.1, 0.15) is 5.75 Å². The number of hydrogen-bond donors (Lipinski definition) is 1. The summed E-state index contributed by atoms with van der Waals surface area (Å²) in [5.41, 5.74) is 4.76. The molecule has 158 valence electrons. The quantitative estimate of drug-likeness (QED) is 0.478. The minimum Gasteiger partial charge on any atom is -0.496 e. The second-order valence-corrected chi connectivity index (χ2v) is 7.71. The van der Waals surface area contributed by atoms with Gasteiger partial charge >= 0.3 is 0 Å². The lowest BCUT2D eigenvalue weighted by Crippen LogP contribution is -2.26. The lowest BCUT2D eigenvalue weighted by molar-refractivity contribution is 0.0954. The van der Waals surface area contributed by atoms with E-state index in [4.69, 9.17) is 16.3 Å². The number of para-hydroxylation sites is 1. The molecule has 0 radical (unpaired) electrons. The first-order valence-electron chi connectivity index (χ1n) is 10.0. The van der Waals surface area contributed by atoms with Crippen LogP contribution in [0.5, 0.6) is 5.75 Å². The summed E-state index contributed by atoms with van der Waals surface area (Å²) in [7, 11) is 1.64. The number of aryl methyl sites for hydroxylation is 2. The molecule has 0 saturated heterocycles. The normalized spacial score (nSPS) is 11.0. The fourth-order valence-electron chi connectivity index (χ4n) is 3.55. The van der Waals surface area contributed by atoms with Gasteiger partial charge in [-0.25, -0.2) is 9.67 Å². The molecule has 4 aromatic rings. The molecular weight excluding hydrogens is 412 g/mol. The number of hydrogen-bond acceptors (Lipinski definition) is 4. The number of rotatable bonds is 6. The zero-order valence-electron chi connectivity index (χ0n) is 17.6. The average Bonchev–Trinajstić information content (AvgIpc) is 3.12. The van der Waals surface area contributed by atoms with E-state index in [2.05, 4.69) is 15.4 Å². The number of fused-ring (bicyclic) bond motifs is 1. The fraction of sp³-hybridized carbons (Fsp3) is 0.208. The minimum absolute atomic E-state index is 0.267. The first-order chi connectivity index (χ1) is 15.0. The van der Waals surface area contributed by atoms with Crippen LogP contribution < -0.4 is 10.1 Å². The summed E-state index contributed by atoms with van der Waals surface area (Å²) in [5.74, 6) is 0.536. The van der Waals surface area contributed by atoms with Gasteiger partial charge in [0, 0.05) is 12.7 Å². The lowest BCUT2D eigenvalue weighted by atomic mass is 10.1. The number of pyridine rings is 1. The third kappa shape index (κ3) is 4.11. The van der Waals surface area contributed by atoms with Gasteiger partial charge in [-0.3, -0.25) is 4.79 Å². The zero-order valence-corrected chi connectivity index (χ0v) is 18.4. The van der Waals surface area contributed by atoms with Crippen molar-refractivity contribution in [2.24, 2.45) is 0 Å². The molecule has 6 nitrogen and oxygen atoms in total. The van der Waals surface area contributed by atoms with Gasteiger partial charge in [0.2, 0.25) is 0 Å². The van der Waals surface area contributed by atoms with Crippen molar-refractivity contribution < 1.29 is 9.53 Å². The van der Waals surface area contributed by atoms with Crippen LogP contribution in [0.4, 0.5) is 0 Å². The first-order valence-corrected chi connectivity index (χ1v) is 10.4. The van der Waals surface area contributed by atoms with E-state index in [1.807, 2.05) is 62.4 Å². The maximum atomic E-state index is 12.8. The van der Waals surface area contributed by atoms with Gasteiger partial charge in [-0.05, 0) is 44.0 Å². The molecule has 1 N–H and O–H groups in total. The predicted molar refractivity (Wildman–Crippen MR) is 122 cm³/mol. The molecule has 2 aromatic heterocycles. The molecule has 0 fully saturated rings. The lowest BCUT2D eigenvalue weighted by Gasteiger charge is -2.10. The highest BCUT2D eigenvalue weighted by atomic mass is 35.5. The molecule has 0 aliphatic carbocycles. The van der Waals surface area contributed by atoms with E-state index in [0.29, 0.717) is 34.6 Å². The third-order valence-electron chi connectivity index (χ3n) is 5.20. The summed E-state index contributed by atoms with van der Waals surface area (Å²) >= 11 is 6.64. The van der Waals surface area contributed by atoms with Crippen molar-refractivity contribution in [2.45, 2.75) is 20.3 Å². The number of carbonyl (C=O) groups is 1. The van der Waals surface area contributed by atoms with Gasteiger partial charge in [0.25, 0.3) is 5.91 Å². The van der Waals surface area contributed by atoms with Crippen LogP contribution in [-0.2, 0) is 6.42 Å². The van der Waals surface area contributed by atoms with Crippen molar-refractivity contribution >= 4 is 28.5 Å². The second kappa shape index (κ2) is 8.78. The number of carbonyl (C=O) groups excluding carboxylic acids is 1. The Morgan fingerprint density at radius 3 is 2.61 bits per heavy atom. The number of halogens is 1. The Labute approximate surface area is 185 Å². The summed E-state index contributed by atoms with van der Waals surface area (Å²) in [6, 6.07) is 15.7. The smallest absolute Gasteiger partial charge is 0.254 e. The molecule has 0 aliphatic heterocycles. The van der Waals surface area contributed by atoms with E-state index >= 15 is 0 Å². The maximum Gasteiger partial charge on any atom is 0.254 e. The average molecular weight is 435 g/mol. The van der Waals surface area contributed by atoms with Gasteiger partial charge in [-0.1, -0.05) is 47.5 Å². The maximum absolute atomic E-state index is 12.8. The topological polar surface area (TPSA) is 69.0 Å². The van der Waals surface area contributed by atoms with Crippen LogP contribution in [0.2, 0.25) is 5.02 Å². The Hall–Kier alpha value is -3.38. The van der Waals surface area contributed by atoms with Crippen molar-refractivity contribution in [3.05, 3.63) is 82.1 Å². The molecule has 2 heterocycles. The molecule has 0 spiro atoms. The molecule has 7 heteroatoms. The van der Waals surface area contributed by atoms with Crippen LogP contribution >= 0.6 is 11.6 Å². The molecule has 2 aromatic carbocycles. The van der Waals surface area contributed by atoms with Crippen LogP contribution in [0.15, 0.2) is 54.7 Å². The van der Waals surface area contributed by atoms with Gasteiger partial charge < -0.3 is 10.1 Å². The number of ether oxygens (including phenoxy) is 1. The van der Waals surface area contributed by atoms with Crippen LogP contribution in [-0.4, -0.2) is 34.3 Å². The monoisotopic (exact) mass is 434 g/mol. The van der Waals surface area contributed by atoms with E-state index in [1.165, 1.54) is 6.20 Å². The van der Waals surface area contributed by atoms with Crippen molar-refractivity contribution in [1.29, 1.82) is 0 Å². The van der Waals surface area contributed by atoms with Gasteiger partial charge in [0.15, 0.2) is 5.65 Å². The molecule has 31 heavy (non-hydrogen) atoms. The van der Waals surface area contributed by atoms with Crippen molar-refractivity contribution in [3.8, 4) is 11.4 Å². The van der Waals surface area contributed by atoms with Crippen LogP contribution in [0.3, 0.4) is 0 Å². The van der Waals surface area contributed by atoms with Crippen LogP contribution in [0.1, 0.15) is 27.2 Å². The Morgan fingerprint density at radius 2 is 1.87 bits per heavy atom. The standard InChI is InChI=1S/C24H23ClN4O2/c1-15-8-10-18(11-9-15)29-23-21(16(2)28-29)22(25)19(14-27-23)24(30)26-13-12-17-6-4-5-7-20(17)31-3/h4-11,14H,12-13H2,1-3H3,(H,26,30). The number of aromatic nitrogens is 3. The number of benzene rings is 2. The molecule has 4 rings (SSSR count). The fourth-order valence-corrected chi connectivity index (χ4v) is 3.90. The van der Waals surface area contributed by atoms with Crippen LogP contribution in [0.25, 0.3) is 16.7 Å². The number of nitrogens with zero attached hydrogens (tertiary/aromatic N) is 3. The Kier molecular flexibility index (Phi) is 5.91. The summed E-state index contributed by atoms with van der Waals surface area (Å²) in [5, 5.41) is 8.56. The zero-order chi connectivity index (χ0) is 22.0. The largest absolute Gasteiger partial charge is 0.496 e. The second-order valence-electron chi connectivity index (χ2n) is 7.33. The molecule has 1 amide bonds. The van der Waals surface area contributed by atoms with Crippen molar-refractivity contribution in [2.75, 3.05) is 13.7 Å². The molecule has 0 atom stereocenters. The number of methoxy groups -OCH3 is 1. The Balaban J connectivity index is 1.57. The Morgan fingerprint density at radius 1 is 1.13 bits per heavy atom. The van der Waals surface area contributed by atoms with E-state index < -0.39 is 0 Å². The molecule has 0 bridgehead atoms. The molecule has 0 saturated carbocycles. The summed E-state index contributed by atoms with van der Waals surface area (Å²) in [6.07, 6.45) is 2.16. The van der Waals surface area contributed by atoms with Crippen LogP contribution in [0, 0.1) is 13.8 Å². The summed E-state index contributed by atoms with van der Waals surface area (Å²) in [6.45, 7) is 4.35. The molecule has 0 unspecified atom stereocenters. The van der Waals surface area contributed by atoms with Crippen molar-refractivity contribution in [1.82, 2.24) is 20.1 Å². The third-order valence-corrected chi connectivity index (χ3v) is 5.60.